The van der Waals surface area contributed by atoms with Crippen LogP contribution in [0.3, 0.4) is 0 Å². The Morgan fingerprint density at radius 3 is 1.35 bits per heavy atom. The molecule has 4 aromatic rings. The Labute approximate surface area is 376 Å². The zero-order valence-electron chi connectivity index (χ0n) is 35.9. The van der Waals surface area contributed by atoms with Crippen molar-refractivity contribution in [2.75, 3.05) is 105 Å². The van der Waals surface area contributed by atoms with Gasteiger partial charge in [0, 0.05) is 75.5 Å². The zero-order chi connectivity index (χ0) is 44.1. The molecule has 0 saturated carbocycles. The van der Waals surface area contributed by atoms with Crippen molar-refractivity contribution in [3.05, 3.63) is 141 Å². The Bertz CT molecular complexity index is 1860. The van der Waals surface area contributed by atoms with Crippen LogP contribution in [0.15, 0.2) is 109 Å². The molecule has 0 radical (unpaired) electrons. The van der Waals surface area contributed by atoms with Gasteiger partial charge in [-0.25, -0.2) is 9.59 Å². The molecule has 336 valence electrons. The number of ether oxygens (including phenoxy) is 4. The number of aliphatic hydroxyl groups excluding tert-OH is 2. The number of piperazine rings is 2. The molecule has 2 saturated heterocycles. The number of hydrogen-bond donors (Lipinski definition) is 2. The minimum Gasteiger partial charge on any atom is -0.461 e. The normalized spacial score (nSPS) is 17.3. The predicted molar refractivity (Wildman–Crippen MR) is 242 cm³/mol. The average molecular weight is 894 g/mol. The molecule has 2 N–H and O–H groups in total. The van der Waals surface area contributed by atoms with E-state index in [-0.39, 0.29) is 38.5 Å². The number of carbonyl (C=O) groups excluding carboxylic acids is 2. The van der Waals surface area contributed by atoms with Crippen molar-refractivity contribution in [1.29, 1.82) is 0 Å². The maximum Gasteiger partial charge on any atom is 0.332 e. The van der Waals surface area contributed by atoms with E-state index in [4.69, 9.17) is 52.4 Å². The van der Waals surface area contributed by atoms with Crippen molar-refractivity contribution < 1.29 is 38.7 Å². The quantitative estimate of drug-likeness (QED) is 0.0803. The molecule has 4 aromatic carbocycles. The second-order valence-corrected chi connectivity index (χ2v) is 16.5. The first-order valence-electron chi connectivity index (χ1n) is 21.4. The largest absolute Gasteiger partial charge is 0.461 e. The summed E-state index contributed by atoms with van der Waals surface area (Å²) in [4.78, 5) is 32.8. The van der Waals surface area contributed by atoms with Gasteiger partial charge in [-0.05, 0) is 60.4 Å². The number of esters is 2. The van der Waals surface area contributed by atoms with Gasteiger partial charge >= 0.3 is 11.9 Å². The number of aliphatic hydroxyl groups is 2. The number of hydrogen-bond acceptors (Lipinski definition) is 12. The van der Waals surface area contributed by atoms with Crippen molar-refractivity contribution in [3.63, 3.8) is 0 Å². The lowest BCUT2D eigenvalue weighted by atomic mass is 9.96. The van der Waals surface area contributed by atoms with Crippen LogP contribution in [-0.4, -0.2) is 159 Å². The fraction of sp³-hybridized carbons (Fsp3) is 0.458. The number of benzene rings is 4. The van der Waals surface area contributed by atoms with Gasteiger partial charge in [0.25, 0.3) is 0 Å². The molecule has 0 spiro atoms. The fourth-order valence-corrected chi connectivity index (χ4v) is 7.78. The first kappa shape index (κ1) is 49.1. The van der Waals surface area contributed by atoms with E-state index in [0.717, 1.165) is 75.5 Å². The summed E-state index contributed by atoms with van der Waals surface area (Å²) in [5.74, 6) is -0.889. The van der Waals surface area contributed by atoms with Crippen molar-refractivity contribution in [1.82, 2.24) is 19.6 Å². The van der Waals surface area contributed by atoms with Crippen LogP contribution >= 0.6 is 23.2 Å². The maximum absolute atomic E-state index is 11.6. The van der Waals surface area contributed by atoms with Crippen LogP contribution < -0.4 is 0 Å². The van der Waals surface area contributed by atoms with E-state index < -0.39 is 24.1 Å². The average Bonchev–Trinajstić information content (AvgIpc) is 3.29. The molecule has 0 aromatic heterocycles. The first-order valence-corrected chi connectivity index (χ1v) is 22.2. The highest BCUT2D eigenvalue weighted by Gasteiger charge is 2.28. The molecule has 14 heteroatoms. The molecule has 4 atom stereocenters. The molecule has 0 amide bonds. The van der Waals surface area contributed by atoms with Gasteiger partial charge < -0.3 is 29.2 Å². The van der Waals surface area contributed by atoms with Crippen LogP contribution in [0.25, 0.3) is 0 Å². The molecular weight excluding hydrogens is 831 g/mol. The summed E-state index contributed by atoms with van der Waals surface area (Å²) in [7, 11) is 0. The standard InChI is InChI=1S/2C24H31ClN2O4/c1-19(28)17-31-23(29)18-30-16-15-26-11-13-27(14-12-26)24(20-5-3-2-4-6-20)21-7-9-22(25)10-8-21;1-19(17-28)31-23(29)18-30-16-15-26-11-13-27(14-12-26)24(20-5-3-2-4-6-20)21-7-9-22(25)10-8-21/h2*2-10,19,24,28H,11-18H2,1H3. The lowest BCUT2D eigenvalue weighted by Gasteiger charge is -2.39. The highest BCUT2D eigenvalue weighted by molar-refractivity contribution is 6.30. The van der Waals surface area contributed by atoms with E-state index >= 15 is 0 Å². The van der Waals surface area contributed by atoms with E-state index in [1.807, 2.05) is 36.4 Å². The highest BCUT2D eigenvalue weighted by Crippen LogP contribution is 2.32. The summed E-state index contributed by atoms with van der Waals surface area (Å²) >= 11 is 12.2. The Hall–Kier alpha value is -3.92. The van der Waals surface area contributed by atoms with Gasteiger partial charge in [-0.3, -0.25) is 19.6 Å². The van der Waals surface area contributed by atoms with Gasteiger partial charge in [-0.2, -0.15) is 0 Å². The van der Waals surface area contributed by atoms with Crippen molar-refractivity contribution in [2.45, 2.75) is 38.1 Å². The molecular formula is C48H62Cl2N4O8. The molecule has 4 unspecified atom stereocenters. The summed E-state index contributed by atoms with van der Waals surface area (Å²) < 4.78 is 20.7. The predicted octanol–water partition coefficient (Wildman–Crippen LogP) is 5.98. The van der Waals surface area contributed by atoms with E-state index in [2.05, 4.69) is 92.4 Å². The molecule has 6 rings (SSSR count). The summed E-state index contributed by atoms with van der Waals surface area (Å²) in [6, 6.07) is 37.7. The Balaban J connectivity index is 0.000000234. The molecule has 2 aliphatic heterocycles. The molecule has 2 heterocycles. The summed E-state index contributed by atoms with van der Waals surface area (Å²) in [6.45, 7) is 12.9. The third-order valence-electron chi connectivity index (χ3n) is 10.8. The molecule has 62 heavy (non-hydrogen) atoms. The molecule has 0 aliphatic carbocycles. The molecule has 2 fully saturated rings. The van der Waals surface area contributed by atoms with E-state index in [1.165, 1.54) is 22.3 Å². The van der Waals surface area contributed by atoms with Gasteiger partial charge in [0.2, 0.25) is 0 Å². The van der Waals surface area contributed by atoms with Gasteiger partial charge in [-0.1, -0.05) is 108 Å². The van der Waals surface area contributed by atoms with Gasteiger partial charge in [0.1, 0.15) is 25.9 Å². The summed E-state index contributed by atoms with van der Waals surface area (Å²) in [6.07, 6.45) is -1.16. The monoisotopic (exact) mass is 892 g/mol. The SMILES string of the molecule is CC(CO)OC(=O)COCCN1CCN(C(c2ccccc2)c2ccc(Cl)cc2)CC1.CC(O)COC(=O)COCCN1CCN(C(c2ccccc2)c2ccc(Cl)cc2)CC1. The summed E-state index contributed by atoms with van der Waals surface area (Å²) in [5, 5.41) is 19.5. The number of nitrogens with zero attached hydrogens (tertiary/aromatic N) is 4. The van der Waals surface area contributed by atoms with Crippen LogP contribution in [0.2, 0.25) is 10.0 Å². The zero-order valence-corrected chi connectivity index (χ0v) is 37.4. The van der Waals surface area contributed by atoms with Crippen molar-refractivity contribution in [2.24, 2.45) is 0 Å². The van der Waals surface area contributed by atoms with Crippen LogP contribution in [0.1, 0.15) is 48.2 Å². The van der Waals surface area contributed by atoms with Gasteiger partial charge in [0.15, 0.2) is 0 Å². The van der Waals surface area contributed by atoms with Crippen LogP contribution in [-0.2, 0) is 28.5 Å². The van der Waals surface area contributed by atoms with Crippen LogP contribution in [0.4, 0.5) is 0 Å². The smallest absolute Gasteiger partial charge is 0.332 e. The minimum atomic E-state index is -0.659. The Morgan fingerprint density at radius 2 is 0.968 bits per heavy atom. The lowest BCUT2D eigenvalue weighted by molar-refractivity contribution is -0.155. The minimum absolute atomic E-state index is 0.000351. The Kier molecular flexibility index (Phi) is 21.1. The first-order chi connectivity index (χ1) is 30.1. The lowest BCUT2D eigenvalue weighted by Crippen LogP contribution is -2.48. The molecule has 12 nitrogen and oxygen atoms in total. The number of rotatable bonds is 20. The second-order valence-electron chi connectivity index (χ2n) is 15.6. The van der Waals surface area contributed by atoms with Gasteiger partial charge in [0.05, 0.1) is 38.0 Å². The van der Waals surface area contributed by atoms with E-state index in [0.29, 0.717) is 13.2 Å². The third-order valence-corrected chi connectivity index (χ3v) is 11.3. The third kappa shape index (κ3) is 16.7. The Morgan fingerprint density at radius 1 is 0.581 bits per heavy atom. The van der Waals surface area contributed by atoms with Gasteiger partial charge in [-0.15, -0.1) is 0 Å². The number of halogens is 2. The molecule has 2 aliphatic rings. The van der Waals surface area contributed by atoms with Crippen molar-refractivity contribution >= 4 is 35.1 Å². The highest BCUT2D eigenvalue weighted by atomic mass is 35.5. The summed E-state index contributed by atoms with van der Waals surface area (Å²) in [5.41, 5.74) is 5.03. The number of carbonyl (C=O) groups is 2. The van der Waals surface area contributed by atoms with E-state index in [9.17, 15) is 9.59 Å². The van der Waals surface area contributed by atoms with Crippen molar-refractivity contribution in [3.8, 4) is 0 Å². The maximum atomic E-state index is 11.6. The fourth-order valence-electron chi connectivity index (χ4n) is 7.53. The topological polar surface area (TPSA) is 124 Å². The van der Waals surface area contributed by atoms with Crippen LogP contribution in [0, 0.1) is 0 Å². The molecule has 0 bridgehead atoms. The van der Waals surface area contributed by atoms with E-state index in [1.54, 1.807) is 13.8 Å². The van der Waals surface area contributed by atoms with Crippen LogP contribution in [0.5, 0.6) is 0 Å². The second kappa shape index (κ2) is 26.6.